The molecule has 1 unspecified atom stereocenters. The summed E-state index contributed by atoms with van der Waals surface area (Å²) >= 11 is 0. The zero-order valence-electron chi connectivity index (χ0n) is 14.2. The number of benzene rings is 2. The first-order chi connectivity index (χ1) is 11.3. The second-order valence-corrected chi connectivity index (χ2v) is 6.65. The molecule has 122 valence electrons. The van der Waals surface area contributed by atoms with Gasteiger partial charge < -0.3 is 4.90 Å². The van der Waals surface area contributed by atoms with E-state index in [1.165, 1.54) is 50.3 Å². The summed E-state index contributed by atoms with van der Waals surface area (Å²) < 4.78 is 0. The Balaban J connectivity index is 1.41. The van der Waals surface area contributed by atoms with Crippen LogP contribution in [0.2, 0.25) is 0 Å². The van der Waals surface area contributed by atoms with Crippen LogP contribution in [-0.4, -0.2) is 48.6 Å². The second-order valence-electron chi connectivity index (χ2n) is 6.65. The zero-order valence-corrected chi connectivity index (χ0v) is 14.2. The quantitative estimate of drug-likeness (QED) is 0.806. The van der Waals surface area contributed by atoms with Crippen LogP contribution in [0.15, 0.2) is 60.7 Å². The van der Waals surface area contributed by atoms with E-state index in [-0.39, 0.29) is 0 Å². The van der Waals surface area contributed by atoms with Gasteiger partial charge in [-0.05, 0) is 30.9 Å². The third-order valence-corrected chi connectivity index (χ3v) is 4.96. The molecular weight excluding hydrogens is 280 g/mol. The van der Waals surface area contributed by atoms with Gasteiger partial charge in [-0.25, -0.2) is 0 Å². The van der Waals surface area contributed by atoms with Crippen molar-refractivity contribution in [3.8, 4) is 0 Å². The van der Waals surface area contributed by atoms with Crippen molar-refractivity contribution in [3.63, 3.8) is 0 Å². The van der Waals surface area contributed by atoms with E-state index in [0.717, 1.165) is 6.42 Å². The SMILES string of the molecule is CC(Cc1ccccc1)N1CCN(CCc2ccccc2)CC1. The minimum absolute atomic E-state index is 0.633. The highest BCUT2D eigenvalue weighted by atomic mass is 15.3. The Labute approximate surface area is 140 Å². The maximum absolute atomic E-state index is 2.64. The van der Waals surface area contributed by atoms with Crippen molar-refractivity contribution in [1.82, 2.24) is 9.80 Å². The van der Waals surface area contributed by atoms with Crippen LogP contribution in [0.3, 0.4) is 0 Å². The fourth-order valence-electron chi connectivity index (χ4n) is 3.44. The molecule has 2 heteroatoms. The molecule has 3 rings (SSSR count). The maximum atomic E-state index is 2.64. The highest BCUT2D eigenvalue weighted by Crippen LogP contribution is 2.12. The lowest BCUT2D eigenvalue weighted by atomic mass is 10.1. The van der Waals surface area contributed by atoms with E-state index in [4.69, 9.17) is 0 Å². The summed E-state index contributed by atoms with van der Waals surface area (Å²) in [6.45, 7) is 8.35. The highest BCUT2D eigenvalue weighted by Gasteiger charge is 2.20. The minimum Gasteiger partial charge on any atom is -0.300 e. The van der Waals surface area contributed by atoms with Crippen molar-refractivity contribution in [2.24, 2.45) is 0 Å². The van der Waals surface area contributed by atoms with Crippen molar-refractivity contribution in [2.45, 2.75) is 25.8 Å². The Morgan fingerprint density at radius 2 is 1.35 bits per heavy atom. The Morgan fingerprint density at radius 1 is 0.783 bits per heavy atom. The van der Waals surface area contributed by atoms with Gasteiger partial charge in [-0.3, -0.25) is 4.90 Å². The van der Waals surface area contributed by atoms with Crippen LogP contribution in [0.1, 0.15) is 18.1 Å². The van der Waals surface area contributed by atoms with Gasteiger partial charge in [-0.1, -0.05) is 60.7 Å². The molecule has 0 saturated carbocycles. The molecule has 1 aliphatic heterocycles. The number of rotatable bonds is 6. The van der Waals surface area contributed by atoms with E-state index >= 15 is 0 Å². The Hall–Kier alpha value is -1.64. The van der Waals surface area contributed by atoms with E-state index in [1.54, 1.807) is 0 Å². The summed E-state index contributed by atoms with van der Waals surface area (Å²) in [7, 11) is 0. The first-order valence-electron chi connectivity index (χ1n) is 8.85. The maximum Gasteiger partial charge on any atom is 0.0113 e. The molecule has 1 aliphatic rings. The molecule has 1 heterocycles. The molecule has 0 bridgehead atoms. The Morgan fingerprint density at radius 3 is 1.96 bits per heavy atom. The average Bonchev–Trinajstić information content (AvgIpc) is 2.62. The average molecular weight is 308 g/mol. The van der Waals surface area contributed by atoms with E-state index in [9.17, 15) is 0 Å². The van der Waals surface area contributed by atoms with Crippen molar-refractivity contribution in [2.75, 3.05) is 32.7 Å². The molecule has 0 radical (unpaired) electrons. The summed E-state index contributed by atoms with van der Waals surface area (Å²) in [4.78, 5) is 5.25. The fraction of sp³-hybridized carbons (Fsp3) is 0.429. The van der Waals surface area contributed by atoms with Gasteiger partial charge in [0, 0.05) is 38.8 Å². The van der Waals surface area contributed by atoms with Crippen LogP contribution in [0.4, 0.5) is 0 Å². The molecule has 0 N–H and O–H groups in total. The molecule has 2 nitrogen and oxygen atoms in total. The standard InChI is InChI=1S/C21H28N2/c1-19(18-21-10-6-3-7-11-21)23-16-14-22(15-17-23)13-12-20-8-4-2-5-9-20/h2-11,19H,12-18H2,1H3. The number of piperazine rings is 1. The van der Waals surface area contributed by atoms with Crippen molar-refractivity contribution >= 4 is 0 Å². The number of hydrogen-bond acceptors (Lipinski definition) is 2. The predicted octanol–water partition coefficient (Wildman–Crippen LogP) is 3.48. The minimum atomic E-state index is 0.633. The third kappa shape index (κ3) is 4.92. The molecule has 1 fully saturated rings. The van der Waals surface area contributed by atoms with Crippen LogP contribution in [0.25, 0.3) is 0 Å². The lowest BCUT2D eigenvalue weighted by molar-refractivity contribution is 0.103. The molecule has 0 spiro atoms. The van der Waals surface area contributed by atoms with E-state index in [0.29, 0.717) is 6.04 Å². The summed E-state index contributed by atoms with van der Waals surface area (Å²) in [5.41, 5.74) is 2.90. The van der Waals surface area contributed by atoms with Crippen LogP contribution in [0, 0.1) is 0 Å². The predicted molar refractivity (Wildman–Crippen MR) is 97.8 cm³/mol. The summed E-state index contributed by atoms with van der Waals surface area (Å²) in [6, 6.07) is 22.3. The van der Waals surface area contributed by atoms with E-state index in [1.807, 2.05) is 0 Å². The molecule has 0 aliphatic carbocycles. The molecule has 2 aromatic carbocycles. The Bertz CT molecular complexity index is 559. The summed E-state index contributed by atoms with van der Waals surface area (Å²) in [5.74, 6) is 0. The van der Waals surface area contributed by atoms with Crippen molar-refractivity contribution in [3.05, 3.63) is 71.8 Å². The van der Waals surface area contributed by atoms with Crippen LogP contribution in [-0.2, 0) is 12.8 Å². The smallest absolute Gasteiger partial charge is 0.0113 e. The Kier molecular flexibility index (Phi) is 5.84. The van der Waals surface area contributed by atoms with Gasteiger partial charge in [0.1, 0.15) is 0 Å². The largest absolute Gasteiger partial charge is 0.300 e. The monoisotopic (exact) mass is 308 g/mol. The first kappa shape index (κ1) is 16.2. The van der Waals surface area contributed by atoms with Gasteiger partial charge in [0.15, 0.2) is 0 Å². The van der Waals surface area contributed by atoms with Gasteiger partial charge in [0.2, 0.25) is 0 Å². The highest BCUT2D eigenvalue weighted by molar-refractivity contribution is 5.16. The second kappa shape index (κ2) is 8.28. The lowest BCUT2D eigenvalue weighted by Gasteiger charge is -2.38. The van der Waals surface area contributed by atoms with Gasteiger partial charge in [0.25, 0.3) is 0 Å². The molecular formula is C21H28N2. The molecule has 2 aromatic rings. The molecule has 1 saturated heterocycles. The normalized spacial score (nSPS) is 18.0. The summed E-state index contributed by atoms with van der Waals surface area (Å²) in [6.07, 6.45) is 2.32. The topological polar surface area (TPSA) is 6.48 Å². The molecule has 23 heavy (non-hydrogen) atoms. The lowest BCUT2D eigenvalue weighted by Crippen LogP contribution is -2.50. The molecule has 1 atom stereocenters. The van der Waals surface area contributed by atoms with Gasteiger partial charge in [-0.15, -0.1) is 0 Å². The van der Waals surface area contributed by atoms with Crippen LogP contribution >= 0.6 is 0 Å². The summed E-state index contributed by atoms with van der Waals surface area (Å²) in [5, 5.41) is 0. The first-order valence-corrected chi connectivity index (χ1v) is 8.85. The van der Waals surface area contributed by atoms with Gasteiger partial charge in [0.05, 0.1) is 0 Å². The van der Waals surface area contributed by atoms with Gasteiger partial charge >= 0.3 is 0 Å². The fourth-order valence-corrected chi connectivity index (χ4v) is 3.44. The van der Waals surface area contributed by atoms with Crippen LogP contribution in [0.5, 0.6) is 0 Å². The molecule has 0 aromatic heterocycles. The van der Waals surface area contributed by atoms with Crippen molar-refractivity contribution in [1.29, 1.82) is 0 Å². The zero-order chi connectivity index (χ0) is 15.9. The third-order valence-electron chi connectivity index (χ3n) is 4.96. The number of nitrogens with zero attached hydrogens (tertiary/aromatic N) is 2. The molecule has 0 amide bonds. The van der Waals surface area contributed by atoms with E-state index < -0.39 is 0 Å². The van der Waals surface area contributed by atoms with Crippen LogP contribution < -0.4 is 0 Å². The van der Waals surface area contributed by atoms with Gasteiger partial charge in [-0.2, -0.15) is 0 Å². The number of hydrogen-bond donors (Lipinski definition) is 0. The van der Waals surface area contributed by atoms with E-state index in [2.05, 4.69) is 77.4 Å². The van der Waals surface area contributed by atoms with Crippen molar-refractivity contribution < 1.29 is 0 Å².